The third kappa shape index (κ3) is 2.65. The van der Waals surface area contributed by atoms with E-state index in [-0.39, 0.29) is 10.6 Å². The molecule has 7 heteroatoms. The quantitative estimate of drug-likeness (QED) is 0.934. The Hall–Kier alpha value is -1.53. The average molecular weight is 284 g/mol. The van der Waals surface area contributed by atoms with Crippen LogP contribution in [-0.4, -0.2) is 26.1 Å². The maximum absolute atomic E-state index is 11.0. The van der Waals surface area contributed by atoms with Crippen molar-refractivity contribution in [2.45, 2.75) is 23.4 Å². The molecule has 0 aliphatic heterocycles. The van der Waals surface area contributed by atoms with Gasteiger partial charge in [0.05, 0.1) is 16.8 Å². The summed E-state index contributed by atoms with van der Waals surface area (Å²) in [5.74, 6) is -1.04. The van der Waals surface area contributed by atoms with Gasteiger partial charge in [-0.25, -0.2) is 9.48 Å². The highest BCUT2D eigenvalue weighted by Crippen LogP contribution is 2.29. The molecule has 1 N–H and O–H groups in total. The van der Waals surface area contributed by atoms with Crippen LogP contribution < -0.4 is 0 Å². The van der Waals surface area contributed by atoms with Gasteiger partial charge in [-0.15, -0.1) is 5.10 Å². The summed E-state index contributed by atoms with van der Waals surface area (Å²) in [5, 5.41) is 17.8. The van der Waals surface area contributed by atoms with Crippen molar-refractivity contribution >= 4 is 29.3 Å². The molecule has 0 bridgehead atoms. The van der Waals surface area contributed by atoms with E-state index in [1.807, 2.05) is 6.92 Å². The fourth-order valence-electron chi connectivity index (χ4n) is 1.40. The van der Waals surface area contributed by atoms with Crippen LogP contribution in [0.3, 0.4) is 0 Å². The number of nitrogens with zero attached hydrogens (tertiary/aromatic N) is 3. The van der Waals surface area contributed by atoms with Gasteiger partial charge in [0.25, 0.3) is 0 Å². The van der Waals surface area contributed by atoms with Crippen molar-refractivity contribution in [2.24, 2.45) is 0 Å². The smallest absolute Gasteiger partial charge is 0.337 e. The predicted molar refractivity (Wildman–Crippen MR) is 68.2 cm³/mol. The molecule has 5 nitrogen and oxygen atoms in total. The first-order valence-electron chi connectivity index (χ1n) is 5.21. The summed E-state index contributed by atoms with van der Waals surface area (Å²) in [4.78, 5) is 11.8. The number of hydrogen-bond donors (Lipinski definition) is 1. The lowest BCUT2D eigenvalue weighted by atomic mass is 10.2. The summed E-state index contributed by atoms with van der Waals surface area (Å²) in [6.45, 7) is 2.67. The second-order valence-electron chi connectivity index (χ2n) is 3.44. The summed E-state index contributed by atoms with van der Waals surface area (Å²) in [6, 6.07) is 4.89. The van der Waals surface area contributed by atoms with Gasteiger partial charge in [0.2, 0.25) is 0 Å². The van der Waals surface area contributed by atoms with Crippen LogP contribution in [0.1, 0.15) is 17.3 Å². The van der Waals surface area contributed by atoms with Crippen molar-refractivity contribution < 1.29 is 9.90 Å². The first-order valence-corrected chi connectivity index (χ1v) is 6.40. The van der Waals surface area contributed by atoms with Crippen LogP contribution in [-0.2, 0) is 6.54 Å². The van der Waals surface area contributed by atoms with E-state index < -0.39 is 5.97 Å². The molecule has 0 amide bonds. The normalized spacial score (nSPS) is 10.6. The molecule has 0 atom stereocenters. The van der Waals surface area contributed by atoms with Crippen LogP contribution in [0.15, 0.2) is 34.3 Å². The zero-order valence-corrected chi connectivity index (χ0v) is 11.1. The SMILES string of the molecule is CCn1nncc1Sc1ccc(Cl)c(C(=O)O)c1. The summed E-state index contributed by atoms with van der Waals surface area (Å²) < 4.78 is 1.74. The fourth-order valence-corrected chi connectivity index (χ4v) is 2.52. The van der Waals surface area contributed by atoms with Gasteiger partial charge in [0.15, 0.2) is 0 Å². The van der Waals surface area contributed by atoms with E-state index in [2.05, 4.69) is 10.3 Å². The summed E-state index contributed by atoms with van der Waals surface area (Å²) >= 11 is 7.21. The van der Waals surface area contributed by atoms with Crippen LogP contribution in [0.25, 0.3) is 0 Å². The van der Waals surface area contributed by atoms with E-state index in [0.29, 0.717) is 6.54 Å². The molecular formula is C11H10ClN3O2S. The minimum atomic E-state index is -1.04. The Kier molecular flexibility index (Phi) is 3.88. The van der Waals surface area contributed by atoms with Gasteiger partial charge in [-0.05, 0) is 25.1 Å². The van der Waals surface area contributed by atoms with Crippen molar-refractivity contribution in [3.05, 3.63) is 35.0 Å². The zero-order chi connectivity index (χ0) is 13.1. The Morgan fingerprint density at radius 3 is 3.00 bits per heavy atom. The number of carboxylic acids is 1. The molecule has 0 aliphatic rings. The Morgan fingerprint density at radius 2 is 2.33 bits per heavy atom. The van der Waals surface area contributed by atoms with Crippen molar-refractivity contribution in [2.75, 3.05) is 0 Å². The van der Waals surface area contributed by atoms with E-state index in [9.17, 15) is 4.79 Å². The molecule has 1 aromatic carbocycles. The molecule has 0 unspecified atom stereocenters. The molecular weight excluding hydrogens is 274 g/mol. The summed E-state index contributed by atoms with van der Waals surface area (Å²) in [7, 11) is 0. The third-order valence-corrected chi connectivity index (χ3v) is 3.62. The lowest BCUT2D eigenvalue weighted by Crippen LogP contribution is -1.99. The number of rotatable bonds is 4. The summed E-state index contributed by atoms with van der Waals surface area (Å²) in [5.41, 5.74) is 0.0946. The highest BCUT2D eigenvalue weighted by atomic mass is 35.5. The first kappa shape index (κ1) is 12.9. The second-order valence-corrected chi connectivity index (χ2v) is 4.94. The standard InChI is InChI=1S/C11H10ClN3O2S/c1-2-15-10(6-13-14-15)18-7-3-4-9(12)8(5-7)11(16)17/h3-6H,2H2,1H3,(H,16,17). The van der Waals surface area contributed by atoms with Crippen LogP contribution in [0.2, 0.25) is 5.02 Å². The van der Waals surface area contributed by atoms with Gasteiger partial charge >= 0.3 is 5.97 Å². The lowest BCUT2D eigenvalue weighted by molar-refractivity contribution is 0.0697. The minimum Gasteiger partial charge on any atom is -0.478 e. The van der Waals surface area contributed by atoms with Crippen LogP contribution in [0, 0.1) is 0 Å². The Labute approximate surface area is 113 Å². The third-order valence-electron chi connectivity index (χ3n) is 2.27. The fraction of sp³-hybridized carbons (Fsp3) is 0.182. The van der Waals surface area contributed by atoms with Crippen molar-refractivity contribution in [3.8, 4) is 0 Å². The Morgan fingerprint density at radius 1 is 1.56 bits per heavy atom. The molecule has 0 aliphatic carbocycles. The molecule has 2 aromatic rings. The van der Waals surface area contributed by atoms with Gasteiger partial charge in [-0.1, -0.05) is 28.6 Å². The van der Waals surface area contributed by atoms with Crippen LogP contribution in [0.4, 0.5) is 0 Å². The van der Waals surface area contributed by atoms with Crippen LogP contribution in [0.5, 0.6) is 0 Å². The molecule has 18 heavy (non-hydrogen) atoms. The zero-order valence-electron chi connectivity index (χ0n) is 9.50. The maximum Gasteiger partial charge on any atom is 0.337 e. The van der Waals surface area contributed by atoms with Gasteiger partial charge in [-0.3, -0.25) is 0 Å². The molecule has 94 valence electrons. The molecule has 0 saturated carbocycles. The number of halogens is 1. The van der Waals surface area contributed by atoms with E-state index in [0.717, 1.165) is 9.92 Å². The van der Waals surface area contributed by atoms with Crippen LogP contribution >= 0.6 is 23.4 Å². The van der Waals surface area contributed by atoms with Crippen molar-refractivity contribution in [1.82, 2.24) is 15.0 Å². The number of aryl methyl sites for hydroxylation is 1. The Balaban J connectivity index is 2.30. The number of carbonyl (C=O) groups is 1. The topological polar surface area (TPSA) is 68.0 Å². The van der Waals surface area contributed by atoms with Crippen molar-refractivity contribution in [3.63, 3.8) is 0 Å². The number of carboxylic acid groups (broad SMARTS) is 1. The first-order chi connectivity index (χ1) is 8.61. The van der Waals surface area contributed by atoms with E-state index in [1.54, 1.807) is 29.1 Å². The van der Waals surface area contributed by atoms with E-state index in [4.69, 9.17) is 16.7 Å². The van der Waals surface area contributed by atoms with Gasteiger partial charge in [0, 0.05) is 11.4 Å². The highest BCUT2D eigenvalue weighted by Gasteiger charge is 2.11. The molecule has 0 spiro atoms. The average Bonchev–Trinajstić information content (AvgIpc) is 2.78. The summed E-state index contributed by atoms with van der Waals surface area (Å²) in [6.07, 6.45) is 1.64. The maximum atomic E-state index is 11.0. The number of benzene rings is 1. The minimum absolute atomic E-state index is 0.0946. The van der Waals surface area contributed by atoms with Crippen molar-refractivity contribution in [1.29, 1.82) is 0 Å². The number of hydrogen-bond acceptors (Lipinski definition) is 4. The largest absolute Gasteiger partial charge is 0.478 e. The molecule has 1 heterocycles. The molecule has 0 fully saturated rings. The van der Waals surface area contributed by atoms with Gasteiger partial charge in [-0.2, -0.15) is 0 Å². The number of aromatic carboxylic acids is 1. The molecule has 2 rings (SSSR count). The molecule has 0 radical (unpaired) electrons. The monoisotopic (exact) mass is 283 g/mol. The second kappa shape index (κ2) is 5.41. The molecule has 0 saturated heterocycles. The van der Waals surface area contributed by atoms with E-state index in [1.165, 1.54) is 11.8 Å². The number of aromatic nitrogens is 3. The highest BCUT2D eigenvalue weighted by molar-refractivity contribution is 7.99. The van der Waals surface area contributed by atoms with Gasteiger partial charge < -0.3 is 5.11 Å². The molecule has 1 aromatic heterocycles. The van der Waals surface area contributed by atoms with Gasteiger partial charge in [0.1, 0.15) is 5.03 Å². The predicted octanol–water partition coefficient (Wildman–Crippen LogP) is 2.80. The lowest BCUT2D eigenvalue weighted by Gasteiger charge is -2.05. The van der Waals surface area contributed by atoms with E-state index >= 15 is 0 Å². The Bertz CT molecular complexity index is 585.